The molecule has 28 heavy (non-hydrogen) atoms. The highest BCUT2D eigenvalue weighted by Crippen LogP contribution is 2.29. The fourth-order valence-corrected chi connectivity index (χ4v) is 3.37. The van der Waals surface area contributed by atoms with Gasteiger partial charge in [0.05, 0.1) is 11.0 Å². The molecule has 140 valence electrons. The predicted octanol–water partition coefficient (Wildman–Crippen LogP) is 4.32. The fraction of sp³-hybridized carbons (Fsp3) is 0.190. The number of aromatic amines is 1. The lowest BCUT2D eigenvalue weighted by molar-refractivity contribution is 0.101. The maximum absolute atomic E-state index is 12.5. The normalized spacial score (nSPS) is 16.5. The molecule has 1 aliphatic rings. The molecule has 0 radical (unpaired) electrons. The van der Waals surface area contributed by atoms with Crippen LogP contribution in [-0.2, 0) is 4.74 Å². The second kappa shape index (κ2) is 6.94. The Morgan fingerprint density at radius 3 is 2.86 bits per heavy atom. The summed E-state index contributed by atoms with van der Waals surface area (Å²) in [7, 11) is 0. The van der Waals surface area contributed by atoms with Crippen LogP contribution in [0.15, 0.2) is 59.1 Å². The van der Waals surface area contributed by atoms with Crippen molar-refractivity contribution in [1.29, 1.82) is 0 Å². The van der Waals surface area contributed by atoms with Crippen LogP contribution < -0.4 is 5.32 Å². The number of amides is 1. The number of aromatic nitrogens is 3. The summed E-state index contributed by atoms with van der Waals surface area (Å²) in [5, 5.41) is 6.74. The molecule has 0 saturated carbocycles. The van der Waals surface area contributed by atoms with Crippen molar-refractivity contribution < 1.29 is 14.1 Å². The summed E-state index contributed by atoms with van der Waals surface area (Å²) in [6.45, 7) is 0.770. The average molecular weight is 374 g/mol. The number of ether oxygens (including phenoxy) is 1. The van der Waals surface area contributed by atoms with Crippen LogP contribution in [0.3, 0.4) is 0 Å². The van der Waals surface area contributed by atoms with E-state index in [0.717, 1.165) is 41.9 Å². The molecule has 1 fully saturated rings. The minimum absolute atomic E-state index is 0.0250. The first kappa shape index (κ1) is 16.7. The molecule has 0 aliphatic carbocycles. The first-order chi connectivity index (χ1) is 13.8. The minimum atomic E-state index is -0.329. The summed E-state index contributed by atoms with van der Waals surface area (Å²) in [6.07, 6.45) is 2.04. The van der Waals surface area contributed by atoms with Gasteiger partial charge in [0.15, 0.2) is 11.5 Å². The minimum Gasteiger partial charge on any atom is -0.370 e. The van der Waals surface area contributed by atoms with Gasteiger partial charge in [-0.05, 0) is 31.0 Å². The average Bonchev–Trinajstić information content (AvgIpc) is 3.47. The quantitative estimate of drug-likeness (QED) is 0.555. The Kier molecular flexibility index (Phi) is 4.14. The third-order valence-electron chi connectivity index (χ3n) is 4.79. The number of hydrogen-bond donors (Lipinski definition) is 2. The Morgan fingerprint density at radius 1 is 1.14 bits per heavy atom. The Bertz CT molecular complexity index is 1130. The standard InChI is InChI=1S/C21H18N4O3/c26-21(17-12-19(28-25-17)13-5-2-1-3-6-13)22-14-8-9-15-16(11-14)24-20(23-15)18-7-4-10-27-18/h1-3,5-6,8-9,11-12,18H,4,7,10H2,(H,22,26)(H,23,24). The summed E-state index contributed by atoms with van der Waals surface area (Å²) < 4.78 is 11.0. The van der Waals surface area contributed by atoms with Crippen LogP contribution in [0.2, 0.25) is 0 Å². The summed E-state index contributed by atoms with van der Waals surface area (Å²) in [6, 6.07) is 16.7. The molecule has 5 rings (SSSR count). The maximum atomic E-state index is 12.5. The topological polar surface area (TPSA) is 93.0 Å². The number of imidazole rings is 1. The Morgan fingerprint density at radius 2 is 2.04 bits per heavy atom. The van der Waals surface area contributed by atoms with Crippen molar-refractivity contribution in [3.63, 3.8) is 0 Å². The molecular formula is C21H18N4O3. The van der Waals surface area contributed by atoms with Crippen molar-refractivity contribution in [2.75, 3.05) is 11.9 Å². The molecule has 2 aromatic carbocycles. The smallest absolute Gasteiger partial charge is 0.277 e. The van der Waals surface area contributed by atoms with E-state index in [9.17, 15) is 4.79 Å². The van der Waals surface area contributed by atoms with Gasteiger partial charge < -0.3 is 19.6 Å². The number of anilines is 1. The lowest BCUT2D eigenvalue weighted by atomic mass is 10.1. The lowest BCUT2D eigenvalue weighted by Crippen LogP contribution is -2.12. The number of nitrogens with zero attached hydrogens (tertiary/aromatic N) is 2. The third-order valence-corrected chi connectivity index (χ3v) is 4.79. The second-order valence-electron chi connectivity index (χ2n) is 6.75. The van der Waals surface area contributed by atoms with Crippen LogP contribution in [0.5, 0.6) is 0 Å². The largest absolute Gasteiger partial charge is 0.370 e. The van der Waals surface area contributed by atoms with Crippen molar-refractivity contribution in [3.05, 3.63) is 66.1 Å². The number of nitrogens with one attached hydrogen (secondary N) is 2. The molecule has 1 amide bonds. The molecule has 4 aromatic rings. The van der Waals surface area contributed by atoms with Crippen LogP contribution in [0.1, 0.15) is 35.3 Å². The first-order valence-electron chi connectivity index (χ1n) is 9.21. The first-order valence-corrected chi connectivity index (χ1v) is 9.21. The van der Waals surface area contributed by atoms with Crippen molar-refractivity contribution in [2.45, 2.75) is 18.9 Å². The molecule has 2 N–H and O–H groups in total. The number of benzene rings is 2. The van der Waals surface area contributed by atoms with E-state index < -0.39 is 0 Å². The number of H-pyrrole nitrogens is 1. The van der Waals surface area contributed by atoms with Crippen molar-refractivity contribution in [1.82, 2.24) is 15.1 Å². The number of fused-ring (bicyclic) bond motifs is 1. The molecule has 1 unspecified atom stereocenters. The van der Waals surface area contributed by atoms with Crippen LogP contribution in [0.25, 0.3) is 22.4 Å². The SMILES string of the molecule is O=C(Nc1ccc2nc(C3CCCO3)[nH]c2c1)c1cc(-c2ccccc2)on1. The van der Waals surface area contributed by atoms with Crippen molar-refractivity contribution >= 4 is 22.6 Å². The Balaban J connectivity index is 1.34. The molecule has 7 heteroatoms. The monoisotopic (exact) mass is 374 g/mol. The number of carbonyl (C=O) groups is 1. The van der Waals surface area contributed by atoms with Gasteiger partial charge in [-0.25, -0.2) is 4.98 Å². The van der Waals surface area contributed by atoms with Crippen molar-refractivity contribution in [3.8, 4) is 11.3 Å². The van der Waals surface area contributed by atoms with E-state index in [-0.39, 0.29) is 17.7 Å². The molecule has 2 aromatic heterocycles. The van der Waals surface area contributed by atoms with Gasteiger partial charge in [-0.15, -0.1) is 0 Å². The molecule has 3 heterocycles. The molecular weight excluding hydrogens is 356 g/mol. The van der Waals surface area contributed by atoms with Crippen molar-refractivity contribution in [2.24, 2.45) is 0 Å². The highest BCUT2D eigenvalue weighted by molar-refractivity contribution is 6.04. The third kappa shape index (κ3) is 3.16. The van der Waals surface area contributed by atoms with Crippen LogP contribution >= 0.6 is 0 Å². The van der Waals surface area contributed by atoms with E-state index >= 15 is 0 Å². The van der Waals surface area contributed by atoms with E-state index in [0.29, 0.717) is 11.4 Å². The van der Waals surface area contributed by atoms with Gasteiger partial charge in [-0.3, -0.25) is 4.79 Å². The Hall–Kier alpha value is -3.45. The van der Waals surface area contributed by atoms with E-state index in [1.54, 1.807) is 6.07 Å². The summed E-state index contributed by atoms with van der Waals surface area (Å²) in [5.41, 5.74) is 3.45. The lowest BCUT2D eigenvalue weighted by Gasteiger charge is -2.03. The van der Waals surface area contributed by atoms with Crippen LogP contribution in [0.4, 0.5) is 5.69 Å². The zero-order chi connectivity index (χ0) is 18.9. The molecule has 1 saturated heterocycles. The van der Waals surface area contributed by atoms with Gasteiger partial charge in [0.1, 0.15) is 11.9 Å². The molecule has 1 aliphatic heterocycles. The Labute approximate surface area is 160 Å². The molecule has 7 nitrogen and oxygen atoms in total. The highest BCUT2D eigenvalue weighted by Gasteiger charge is 2.21. The molecule has 0 bridgehead atoms. The van der Waals surface area contributed by atoms with Crippen LogP contribution in [-0.4, -0.2) is 27.6 Å². The summed E-state index contributed by atoms with van der Waals surface area (Å²) in [4.78, 5) is 20.4. The van der Waals surface area contributed by atoms with Crippen LogP contribution in [0, 0.1) is 0 Å². The summed E-state index contributed by atoms with van der Waals surface area (Å²) >= 11 is 0. The number of carbonyl (C=O) groups excluding carboxylic acids is 1. The van der Waals surface area contributed by atoms with Gasteiger partial charge in [-0.2, -0.15) is 0 Å². The van der Waals surface area contributed by atoms with Gasteiger partial charge in [0.2, 0.25) is 0 Å². The van der Waals surface area contributed by atoms with E-state index in [1.807, 2.05) is 48.5 Å². The number of hydrogen-bond acceptors (Lipinski definition) is 5. The predicted molar refractivity (Wildman–Crippen MR) is 104 cm³/mol. The van der Waals surface area contributed by atoms with Gasteiger partial charge >= 0.3 is 0 Å². The summed E-state index contributed by atoms with van der Waals surface area (Å²) in [5.74, 6) is 1.06. The maximum Gasteiger partial charge on any atom is 0.277 e. The van der Waals surface area contributed by atoms with Gasteiger partial charge in [0, 0.05) is 23.9 Å². The van der Waals surface area contributed by atoms with E-state index in [1.165, 1.54) is 0 Å². The highest BCUT2D eigenvalue weighted by atomic mass is 16.5. The zero-order valence-corrected chi connectivity index (χ0v) is 15.0. The molecule has 1 atom stereocenters. The van der Waals surface area contributed by atoms with E-state index in [2.05, 4.69) is 20.4 Å². The number of rotatable bonds is 4. The van der Waals surface area contributed by atoms with Gasteiger partial charge in [0.25, 0.3) is 5.91 Å². The van der Waals surface area contributed by atoms with Gasteiger partial charge in [-0.1, -0.05) is 35.5 Å². The van der Waals surface area contributed by atoms with E-state index in [4.69, 9.17) is 9.26 Å². The zero-order valence-electron chi connectivity index (χ0n) is 15.0. The fourth-order valence-electron chi connectivity index (χ4n) is 3.37. The molecule has 0 spiro atoms. The second-order valence-corrected chi connectivity index (χ2v) is 6.75.